The van der Waals surface area contributed by atoms with Crippen molar-refractivity contribution in [2.24, 2.45) is 4.99 Å². The molecule has 1 amide bonds. The first-order chi connectivity index (χ1) is 16.4. The molecular weight excluding hydrogens is 438 g/mol. The van der Waals surface area contributed by atoms with Crippen molar-refractivity contribution in [2.45, 2.75) is 13.0 Å². The van der Waals surface area contributed by atoms with Gasteiger partial charge in [0.05, 0.1) is 37.4 Å². The van der Waals surface area contributed by atoms with Gasteiger partial charge in [0, 0.05) is 44.5 Å². The summed E-state index contributed by atoms with van der Waals surface area (Å²) in [5.41, 5.74) is 2.40. The molecule has 4 rings (SSSR count). The van der Waals surface area contributed by atoms with Crippen molar-refractivity contribution in [1.82, 2.24) is 24.8 Å². The van der Waals surface area contributed by atoms with Gasteiger partial charge in [0.1, 0.15) is 17.8 Å². The van der Waals surface area contributed by atoms with Gasteiger partial charge >= 0.3 is 0 Å². The predicted molar refractivity (Wildman–Crippen MR) is 129 cm³/mol. The molecule has 0 saturated carbocycles. The van der Waals surface area contributed by atoms with Gasteiger partial charge < -0.3 is 29.8 Å². The van der Waals surface area contributed by atoms with Crippen LogP contribution in [0.5, 0.6) is 17.4 Å². The SMILES string of the molecule is COc1cc2cc(c1OC)CN(C)CC(=O)N(C)CCCNc1ncnc3[nH]c(O)c(c13)C=N2. The van der Waals surface area contributed by atoms with Crippen LogP contribution < -0.4 is 14.8 Å². The number of H-pyrrole nitrogens is 1. The molecule has 180 valence electrons. The van der Waals surface area contributed by atoms with E-state index in [1.54, 1.807) is 38.4 Å². The highest BCUT2D eigenvalue weighted by Gasteiger charge is 2.19. The number of aliphatic imine (C=N–C) groups is 1. The minimum atomic E-state index is -0.0500. The second-order valence-electron chi connectivity index (χ2n) is 8.20. The summed E-state index contributed by atoms with van der Waals surface area (Å²) in [5.74, 6) is 1.66. The van der Waals surface area contributed by atoms with Gasteiger partial charge in [-0.1, -0.05) is 0 Å². The van der Waals surface area contributed by atoms with E-state index in [1.807, 2.05) is 18.0 Å². The summed E-state index contributed by atoms with van der Waals surface area (Å²) in [6.07, 6.45) is 3.73. The van der Waals surface area contributed by atoms with Crippen molar-refractivity contribution in [3.05, 3.63) is 29.6 Å². The number of aromatic amines is 1. The van der Waals surface area contributed by atoms with Crippen LogP contribution in [-0.4, -0.2) is 89.9 Å². The monoisotopic (exact) mass is 467 g/mol. The fourth-order valence-corrected chi connectivity index (χ4v) is 4.00. The molecule has 0 aliphatic carbocycles. The van der Waals surface area contributed by atoms with Gasteiger partial charge in [0.15, 0.2) is 17.4 Å². The molecule has 3 aromatic rings. The largest absolute Gasteiger partial charge is 0.494 e. The number of likely N-dealkylation sites (N-methyl/N-ethyl adjacent to an activating group) is 2. The highest BCUT2D eigenvalue weighted by molar-refractivity contribution is 6.06. The Morgan fingerprint density at radius 1 is 1.12 bits per heavy atom. The van der Waals surface area contributed by atoms with Gasteiger partial charge in [-0.05, 0) is 19.5 Å². The minimum Gasteiger partial charge on any atom is -0.494 e. The number of carbonyl (C=O) groups excluding carboxylic acids is 1. The van der Waals surface area contributed by atoms with Gasteiger partial charge in [0.25, 0.3) is 0 Å². The Bertz CT molecular complexity index is 1220. The first-order valence-corrected chi connectivity index (χ1v) is 10.9. The quantitative estimate of drug-likeness (QED) is 0.523. The number of anilines is 1. The Morgan fingerprint density at radius 3 is 2.71 bits per heavy atom. The first kappa shape index (κ1) is 23.3. The van der Waals surface area contributed by atoms with E-state index in [-0.39, 0.29) is 18.3 Å². The van der Waals surface area contributed by atoms with Crippen LogP contribution in [0.4, 0.5) is 11.5 Å². The number of benzene rings is 1. The number of amides is 1. The Hall–Kier alpha value is -3.86. The van der Waals surface area contributed by atoms with Crippen LogP contribution in [-0.2, 0) is 11.3 Å². The third-order valence-corrected chi connectivity index (χ3v) is 5.73. The number of rotatable bonds is 2. The van der Waals surface area contributed by atoms with Gasteiger partial charge in [-0.15, -0.1) is 0 Å². The molecular formula is C23H29N7O4. The lowest BCUT2D eigenvalue weighted by Gasteiger charge is -2.23. The van der Waals surface area contributed by atoms with Gasteiger partial charge in [-0.25, -0.2) is 9.97 Å². The number of hydrogen-bond donors (Lipinski definition) is 3. The maximum absolute atomic E-state index is 12.7. The molecule has 11 heteroatoms. The molecule has 1 aliphatic rings. The number of hydrogen-bond acceptors (Lipinski definition) is 9. The third-order valence-electron chi connectivity index (χ3n) is 5.73. The van der Waals surface area contributed by atoms with Crippen molar-refractivity contribution in [3.63, 3.8) is 0 Å². The standard InChI is InChI=1S/C23H29N7O4/c1-29-11-14-8-15(9-17(33-3)20(14)34-4)25-10-16-19-21(26-13-27-22(19)28-23(16)32)24-6-5-7-30(2)18(31)12-29/h8-10,13,32H,5-7,11-12H2,1-4H3,(H2,24,26,27,28). The summed E-state index contributed by atoms with van der Waals surface area (Å²) in [4.78, 5) is 32.4. The summed E-state index contributed by atoms with van der Waals surface area (Å²) in [6, 6.07) is 3.63. The second kappa shape index (κ2) is 9.96. The molecule has 34 heavy (non-hydrogen) atoms. The minimum absolute atomic E-state index is 0.0224. The van der Waals surface area contributed by atoms with E-state index in [9.17, 15) is 9.90 Å². The number of fused-ring (bicyclic) bond motifs is 2. The van der Waals surface area contributed by atoms with Crippen molar-refractivity contribution >= 4 is 34.7 Å². The van der Waals surface area contributed by atoms with E-state index in [2.05, 4.69) is 25.3 Å². The molecule has 1 aliphatic heterocycles. The average molecular weight is 468 g/mol. The average Bonchev–Trinajstić information content (AvgIpc) is 3.14. The Balaban J connectivity index is 1.83. The van der Waals surface area contributed by atoms with Crippen LogP contribution >= 0.6 is 0 Å². The molecule has 0 fully saturated rings. The highest BCUT2D eigenvalue weighted by atomic mass is 16.5. The summed E-state index contributed by atoms with van der Waals surface area (Å²) < 4.78 is 11.1. The molecule has 11 nitrogen and oxygen atoms in total. The van der Waals surface area contributed by atoms with E-state index in [4.69, 9.17) is 9.47 Å². The molecule has 3 heterocycles. The summed E-state index contributed by atoms with van der Waals surface area (Å²) in [5, 5.41) is 14.5. The van der Waals surface area contributed by atoms with E-state index in [1.165, 1.54) is 6.33 Å². The number of nitrogens with one attached hydrogen (secondary N) is 2. The number of carbonyl (C=O) groups is 1. The normalized spacial score (nSPS) is 15.8. The van der Waals surface area contributed by atoms with Crippen LogP contribution in [0.1, 0.15) is 17.5 Å². The van der Waals surface area contributed by atoms with E-state index >= 15 is 0 Å². The van der Waals surface area contributed by atoms with Crippen LogP contribution in [0, 0.1) is 0 Å². The summed E-state index contributed by atoms with van der Waals surface area (Å²) in [7, 11) is 6.83. The lowest BCUT2D eigenvalue weighted by Crippen LogP contribution is -2.37. The van der Waals surface area contributed by atoms with Gasteiger partial charge in [-0.3, -0.25) is 14.7 Å². The van der Waals surface area contributed by atoms with Crippen LogP contribution in [0.2, 0.25) is 0 Å². The fraction of sp³-hybridized carbons (Fsp3) is 0.391. The summed E-state index contributed by atoms with van der Waals surface area (Å²) >= 11 is 0. The zero-order valence-electron chi connectivity index (χ0n) is 19.8. The second-order valence-corrected chi connectivity index (χ2v) is 8.20. The molecule has 0 unspecified atom stereocenters. The molecule has 0 spiro atoms. The zero-order chi connectivity index (χ0) is 24.2. The van der Waals surface area contributed by atoms with Gasteiger partial charge in [0.2, 0.25) is 5.91 Å². The van der Waals surface area contributed by atoms with E-state index in [0.717, 1.165) is 12.0 Å². The Kier molecular flexibility index (Phi) is 6.82. The molecule has 2 aromatic heterocycles. The maximum atomic E-state index is 12.7. The van der Waals surface area contributed by atoms with Gasteiger partial charge in [-0.2, -0.15) is 0 Å². The summed E-state index contributed by atoms with van der Waals surface area (Å²) in [6.45, 7) is 1.90. The Labute approximate surface area is 197 Å². The van der Waals surface area contributed by atoms with Crippen molar-refractivity contribution in [2.75, 3.05) is 53.3 Å². The molecule has 0 radical (unpaired) electrons. The van der Waals surface area contributed by atoms with Crippen molar-refractivity contribution in [3.8, 4) is 17.4 Å². The van der Waals surface area contributed by atoms with Crippen LogP contribution in [0.25, 0.3) is 11.0 Å². The molecule has 0 saturated heterocycles. The lowest BCUT2D eigenvalue weighted by atomic mass is 10.1. The van der Waals surface area contributed by atoms with E-state index < -0.39 is 0 Å². The highest BCUT2D eigenvalue weighted by Crippen LogP contribution is 2.37. The zero-order valence-corrected chi connectivity index (χ0v) is 19.8. The number of nitrogens with zero attached hydrogens (tertiary/aromatic N) is 5. The molecule has 2 bridgehead atoms. The lowest BCUT2D eigenvalue weighted by molar-refractivity contribution is -0.130. The van der Waals surface area contributed by atoms with E-state index in [0.29, 0.717) is 59.2 Å². The predicted octanol–water partition coefficient (Wildman–Crippen LogP) is 2.14. The number of ether oxygens (including phenoxy) is 2. The smallest absolute Gasteiger partial charge is 0.236 e. The topological polar surface area (TPSA) is 128 Å². The van der Waals surface area contributed by atoms with Crippen LogP contribution in [0.3, 0.4) is 0 Å². The van der Waals surface area contributed by atoms with Crippen molar-refractivity contribution in [1.29, 1.82) is 0 Å². The number of methoxy groups -OCH3 is 2. The maximum Gasteiger partial charge on any atom is 0.236 e. The fourth-order valence-electron chi connectivity index (χ4n) is 4.00. The molecule has 1 aromatic carbocycles. The number of aromatic nitrogens is 3. The third kappa shape index (κ3) is 4.74. The number of aromatic hydroxyl groups is 1. The molecule has 0 atom stereocenters. The van der Waals surface area contributed by atoms with Crippen molar-refractivity contribution < 1.29 is 19.4 Å². The first-order valence-electron chi connectivity index (χ1n) is 10.9. The molecule has 3 N–H and O–H groups in total. The Morgan fingerprint density at radius 2 is 1.94 bits per heavy atom. The van der Waals surface area contributed by atoms with Crippen LogP contribution in [0.15, 0.2) is 23.5 Å².